The maximum atomic E-state index is 5.49. The second-order valence-electron chi connectivity index (χ2n) is 5.69. The summed E-state index contributed by atoms with van der Waals surface area (Å²) >= 11 is 0. The van der Waals surface area contributed by atoms with Crippen LogP contribution in [0.1, 0.15) is 13.8 Å². The summed E-state index contributed by atoms with van der Waals surface area (Å²) in [6.45, 7) is 10.9. The minimum absolute atomic E-state index is 0.771. The number of hydrogen-bond donors (Lipinski definition) is 1. The molecule has 24 heavy (non-hydrogen) atoms. The molecule has 0 aromatic heterocycles. The molecule has 0 saturated carbocycles. The van der Waals surface area contributed by atoms with Crippen LogP contribution in [-0.2, 0) is 9.47 Å². The summed E-state index contributed by atoms with van der Waals surface area (Å²) in [5.74, 6) is 0. The molecular weight excluding hydrogens is 300 g/mol. The molecule has 0 heterocycles. The molecule has 4 heteroatoms. The summed E-state index contributed by atoms with van der Waals surface area (Å²) < 4.78 is 11.0. The summed E-state index contributed by atoms with van der Waals surface area (Å²) in [6.07, 6.45) is 0. The minimum Gasteiger partial charge on any atom is -0.383 e. The highest BCUT2D eigenvalue weighted by Crippen LogP contribution is 2.22. The van der Waals surface area contributed by atoms with Gasteiger partial charge in [0.2, 0.25) is 0 Å². The lowest BCUT2D eigenvalue weighted by atomic mass is 10.1. The largest absolute Gasteiger partial charge is 0.383 e. The van der Waals surface area contributed by atoms with Crippen LogP contribution in [0.15, 0.2) is 42.5 Å². The molecule has 0 bridgehead atoms. The van der Waals surface area contributed by atoms with Crippen molar-refractivity contribution in [3.63, 3.8) is 0 Å². The van der Waals surface area contributed by atoms with Crippen molar-refractivity contribution in [3.8, 4) is 0 Å². The van der Waals surface area contributed by atoms with Gasteiger partial charge in [-0.15, -0.1) is 0 Å². The molecule has 2 aromatic carbocycles. The van der Waals surface area contributed by atoms with Crippen molar-refractivity contribution in [3.05, 3.63) is 42.5 Å². The summed E-state index contributed by atoms with van der Waals surface area (Å²) in [5.41, 5.74) is 1.20. The van der Waals surface area contributed by atoms with Gasteiger partial charge in [-0.05, 0) is 25.3 Å². The predicted molar refractivity (Wildman–Crippen MR) is 102 cm³/mol. The number of hydrogen-bond acceptors (Lipinski definition) is 4. The molecule has 0 aliphatic carbocycles. The van der Waals surface area contributed by atoms with E-state index < -0.39 is 0 Å². The summed E-state index contributed by atoms with van der Waals surface area (Å²) in [6, 6.07) is 14.9. The maximum absolute atomic E-state index is 5.49. The first-order chi connectivity index (χ1) is 11.8. The molecule has 0 radical (unpaired) electrons. The number of rotatable bonds is 12. The first-order valence-corrected chi connectivity index (χ1v) is 8.94. The molecule has 0 fully saturated rings. The fourth-order valence-electron chi connectivity index (χ4n) is 2.74. The van der Waals surface area contributed by atoms with Gasteiger partial charge in [-0.1, -0.05) is 36.4 Å². The Morgan fingerprint density at radius 3 is 2.21 bits per heavy atom. The fraction of sp³-hybridized carbons (Fsp3) is 0.500. The van der Waals surface area contributed by atoms with Crippen molar-refractivity contribution in [2.24, 2.45) is 0 Å². The van der Waals surface area contributed by atoms with Gasteiger partial charge >= 0.3 is 0 Å². The van der Waals surface area contributed by atoms with E-state index in [1.165, 1.54) is 16.5 Å². The van der Waals surface area contributed by atoms with Gasteiger partial charge in [0.05, 0.1) is 13.2 Å². The SMILES string of the molecule is CCOCCN(CCNc1cccc2ccccc12)CCOCC. The van der Waals surface area contributed by atoms with Crippen molar-refractivity contribution >= 4 is 16.5 Å². The highest BCUT2D eigenvalue weighted by Gasteiger charge is 2.05. The normalized spacial score (nSPS) is 11.3. The lowest BCUT2D eigenvalue weighted by molar-refractivity contribution is 0.0846. The van der Waals surface area contributed by atoms with Gasteiger partial charge in [-0.3, -0.25) is 4.90 Å². The van der Waals surface area contributed by atoms with E-state index in [9.17, 15) is 0 Å². The van der Waals surface area contributed by atoms with Crippen LogP contribution in [0.5, 0.6) is 0 Å². The summed E-state index contributed by atoms with van der Waals surface area (Å²) in [7, 11) is 0. The number of fused-ring (bicyclic) bond motifs is 1. The van der Waals surface area contributed by atoms with Gasteiger partial charge in [0, 0.05) is 50.5 Å². The van der Waals surface area contributed by atoms with Crippen LogP contribution in [0.2, 0.25) is 0 Å². The average molecular weight is 330 g/mol. The molecule has 0 aliphatic rings. The van der Waals surface area contributed by atoms with Crippen molar-refractivity contribution in [1.29, 1.82) is 0 Å². The van der Waals surface area contributed by atoms with Crippen LogP contribution in [0.25, 0.3) is 10.8 Å². The minimum atomic E-state index is 0.771. The molecular formula is C20H30N2O2. The van der Waals surface area contributed by atoms with Gasteiger partial charge in [0.15, 0.2) is 0 Å². The Kier molecular flexibility index (Phi) is 8.60. The van der Waals surface area contributed by atoms with E-state index in [0.29, 0.717) is 0 Å². The number of nitrogens with one attached hydrogen (secondary N) is 1. The molecule has 2 aromatic rings. The van der Waals surface area contributed by atoms with Gasteiger partial charge in [0.25, 0.3) is 0 Å². The van der Waals surface area contributed by atoms with E-state index >= 15 is 0 Å². The standard InChI is InChI=1S/C20H30N2O2/c1-3-23-16-14-22(15-17-24-4-2)13-12-21-20-11-7-9-18-8-5-6-10-19(18)20/h5-11,21H,3-4,12-17H2,1-2H3. The van der Waals surface area contributed by atoms with E-state index in [-0.39, 0.29) is 0 Å². The molecule has 1 N–H and O–H groups in total. The zero-order valence-electron chi connectivity index (χ0n) is 15.0. The lowest BCUT2D eigenvalue weighted by Gasteiger charge is -2.22. The number of nitrogens with zero attached hydrogens (tertiary/aromatic N) is 1. The highest BCUT2D eigenvalue weighted by atomic mass is 16.5. The van der Waals surface area contributed by atoms with Crippen LogP contribution >= 0.6 is 0 Å². The Bertz CT molecular complexity index is 573. The maximum Gasteiger partial charge on any atom is 0.0593 e. The first-order valence-electron chi connectivity index (χ1n) is 8.94. The van der Waals surface area contributed by atoms with E-state index in [2.05, 4.69) is 52.7 Å². The van der Waals surface area contributed by atoms with Gasteiger partial charge in [-0.25, -0.2) is 0 Å². The van der Waals surface area contributed by atoms with Crippen LogP contribution in [0.3, 0.4) is 0 Å². The van der Waals surface area contributed by atoms with Crippen LogP contribution in [0.4, 0.5) is 5.69 Å². The fourth-order valence-corrected chi connectivity index (χ4v) is 2.74. The Labute approximate surface area is 145 Å². The number of ether oxygens (including phenoxy) is 2. The molecule has 0 unspecified atom stereocenters. The van der Waals surface area contributed by atoms with Crippen molar-refractivity contribution < 1.29 is 9.47 Å². The van der Waals surface area contributed by atoms with E-state index in [4.69, 9.17) is 9.47 Å². The Hall–Kier alpha value is -1.62. The first kappa shape index (κ1) is 18.7. The van der Waals surface area contributed by atoms with Crippen LogP contribution < -0.4 is 5.32 Å². The average Bonchev–Trinajstić information content (AvgIpc) is 2.62. The Balaban J connectivity index is 1.85. The lowest BCUT2D eigenvalue weighted by Crippen LogP contribution is -2.35. The van der Waals surface area contributed by atoms with Crippen molar-refractivity contribution in [1.82, 2.24) is 4.90 Å². The predicted octanol–water partition coefficient (Wildman–Crippen LogP) is 3.63. The molecule has 0 saturated heterocycles. The molecule has 4 nitrogen and oxygen atoms in total. The van der Waals surface area contributed by atoms with E-state index in [0.717, 1.165) is 52.6 Å². The molecule has 0 spiro atoms. The molecule has 0 atom stereocenters. The zero-order valence-corrected chi connectivity index (χ0v) is 15.0. The van der Waals surface area contributed by atoms with Gasteiger partial charge < -0.3 is 14.8 Å². The van der Waals surface area contributed by atoms with Crippen LogP contribution in [-0.4, -0.2) is 57.5 Å². The summed E-state index contributed by atoms with van der Waals surface area (Å²) in [5, 5.41) is 6.12. The smallest absolute Gasteiger partial charge is 0.0593 e. The van der Waals surface area contributed by atoms with Gasteiger partial charge in [-0.2, -0.15) is 0 Å². The molecule has 0 amide bonds. The Morgan fingerprint density at radius 1 is 0.833 bits per heavy atom. The molecule has 2 rings (SSSR count). The third kappa shape index (κ3) is 6.11. The quantitative estimate of drug-likeness (QED) is 0.603. The zero-order chi connectivity index (χ0) is 17.0. The molecule has 0 aliphatic heterocycles. The molecule has 132 valence electrons. The highest BCUT2D eigenvalue weighted by molar-refractivity contribution is 5.93. The summed E-state index contributed by atoms with van der Waals surface area (Å²) in [4.78, 5) is 2.39. The Morgan fingerprint density at radius 2 is 1.50 bits per heavy atom. The van der Waals surface area contributed by atoms with E-state index in [1.807, 2.05) is 13.8 Å². The van der Waals surface area contributed by atoms with Crippen molar-refractivity contribution in [2.45, 2.75) is 13.8 Å². The third-order valence-electron chi connectivity index (χ3n) is 4.05. The number of anilines is 1. The topological polar surface area (TPSA) is 33.7 Å². The van der Waals surface area contributed by atoms with E-state index in [1.54, 1.807) is 0 Å². The third-order valence-corrected chi connectivity index (χ3v) is 4.05. The second-order valence-corrected chi connectivity index (χ2v) is 5.69. The van der Waals surface area contributed by atoms with Gasteiger partial charge in [0.1, 0.15) is 0 Å². The van der Waals surface area contributed by atoms with Crippen LogP contribution in [0, 0.1) is 0 Å². The van der Waals surface area contributed by atoms with Crippen molar-refractivity contribution in [2.75, 3.05) is 57.9 Å². The number of benzene rings is 2. The second kappa shape index (κ2) is 11.0. The monoisotopic (exact) mass is 330 g/mol.